The quantitative estimate of drug-likeness (QED) is 0.776. The van der Waals surface area contributed by atoms with Crippen LogP contribution >= 0.6 is 0 Å². The lowest BCUT2D eigenvalue weighted by Gasteiger charge is -2.11. The average molecular weight is 311 g/mol. The molecule has 1 N–H and O–H groups in total. The summed E-state index contributed by atoms with van der Waals surface area (Å²) in [7, 11) is 0. The largest absolute Gasteiger partial charge is 0.492 e. The van der Waals surface area contributed by atoms with E-state index in [1.165, 1.54) is 0 Å². The molecular weight excluding hydrogens is 290 g/mol. The van der Waals surface area contributed by atoms with Crippen LogP contribution in [0.1, 0.15) is 24.2 Å². The molecule has 0 aliphatic rings. The van der Waals surface area contributed by atoms with Crippen LogP contribution in [0.5, 0.6) is 11.5 Å². The number of amides is 1. The minimum atomic E-state index is -0.191. The van der Waals surface area contributed by atoms with E-state index in [-0.39, 0.29) is 5.91 Å². The second kappa shape index (κ2) is 8.03. The van der Waals surface area contributed by atoms with Crippen LogP contribution in [-0.4, -0.2) is 19.1 Å². The van der Waals surface area contributed by atoms with Crippen LogP contribution < -0.4 is 14.8 Å². The van der Waals surface area contributed by atoms with Gasteiger partial charge in [-0.05, 0) is 55.8 Å². The van der Waals surface area contributed by atoms with Crippen LogP contribution in [0.25, 0.3) is 0 Å². The molecule has 0 fully saturated rings. The molecule has 120 valence electrons. The molecule has 2 aromatic carbocycles. The molecule has 0 spiro atoms. The normalized spacial score (nSPS) is 10.0. The van der Waals surface area contributed by atoms with E-state index in [2.05, 4.69) is 11.9 Å². The van der Waals surface area contributed by atoms with Crippen LogP contribution in [0.4, 0.5) is 5.69 Å². The molecule has 0 aliphatic heterocycles. The standard InChI is InChI=1S/C19H21NO3/c1-4-22-18-8-6-5-7-17(18)20-19(21)15-9-11-16(12-10-15)23-13-14(2)3/h5-12H,2,4,13H2,1,3H3,(H,20,21). The third kappa shape index (κ3) is 4.88. The van der Waals surface area contributed by atoms with Gasteiger partial charge in [0.2, 0.25) is 0 Å². The molecule has 0 atom stereocenters. The molecule has 0 aromatic heterocycles. The maximum Gasteiger partial charge on any atom is 0.255 e. The zero-order chi connectivity index (χ0) is 16.7. The fraction of sp³-hybridized carbons (Fsp3) is 0.211. The van der Waals surface area contributed by atoms with Crippen molar-refractivity contribution >= 4 is 11.6 Å². The van der Waals surface area contributed by atoms with Gasteiger partial charge in [-0.25, -0.2) is 0 Å². The highest BCUT2D eigenvalue weighted by atomic mass is 16.5. The van der Waals surface area contributed by atoms with Crippen molar-refractivity contribution in [3.63, 3.8) is 0 Å². The SMILES string of the molecule is C=C(C)COc1ccc(C(=O)Nc2ccccc2OCC)cc1. The Balaban J connectivity index is 2.05. The highest BCUT2D eigenvalue weighted by Gasteiger charge is 2.09. The molecule has 0 saturated carbocycles. The first kappa shape index (κ1) is 16.6. The van der Waals surface area contributed by atoms with Gasteiger partial charge in [-0.2, -0.15) is 0 Å². The fourth-order valence-electron chi connectivity index (χ4n) is 1.95. The molecule has 0 heterocycles. The summed E-state index contributed by atoms with van der Waals surface area (Å²) >= 11 is 0. The van der Waals surface area contributed by atoms with Crippen molar-refractivity contribution in [1.29, 1.82) is 0 Å². The molecule has 0 radical (unpaired) electrons. The number of para-hydroxylation sites is 2. The summed E-state index contributed by atoms with van der Waals surface area (Å²) in [6, 6.07) is 14.4. The predicted molar refractivity (Wildman–Crippen MR) is 92.3 cm³/mol. The van der Waals surface area contributed by atoms with Crippen molar-refractivity contribution in [2.45, 2.75) is 13.8 Å². The highest BCUT2D eigenvalue weighted by Crippen LogP contribution is 2.24. The molecule has 4 heteroatoms. The van der Waals surface area contributed by atoms with Gasteiger partial charge < -0.3 is 14.8 Å². The molecule has 1 amide bonds. The molecule has 0 bridgehead atoms. The molecule has 0 aliphatic carbocycles. The van der Waals surface area contributed by atoms with Gasteiger partial charge in [0.25, 0.3) is 5.91 Å². The summed E-state index contributed by atoms with van der Waals surface area (Å²) in [6.07, 6.45) is 0. The van der Waals surface area contributed by atoms with Gasteiger partial charge in [-0.1, -0.05) is 18.7 Å². The van der Waals surface area contributed by atoms with Crippen molar-refractivity contribution in [3.8, 4) is 11.5 Å². The van der Waals surface area contributed by atoms with E-state index in [9.17, 15) is 4.79 Å². The van der Waals surface area contributed by atoms with Crippen LogP contribution in [0.15, 0.2) is 60.7 Å². The highest BCUT2D eigenvalue weighted by molar-refractivity contribution is 6.05. The van der Waals surface area contributed by atoms with Crippen molar-refractivity contribution in [3.05, 3.63) is 66.2 Å². The van der Waals surface area contributed by atoms with E-state index in [1.807, 2.05) is 38.1 Å². The maximum atomic E-state index is 12.3. The van der Waals surface area contributed by atoms with Gasteiger partial charge in [-0.3, -0.25) is 4.79 Å². The Bertz CT molecular complexity index is 677. The van der Waals surface area contributed by atoms with Crippen molar-refractivity contribution in [2.24, 2.45) is 0 Å². The van der Waals surface area contributed by atoms with Crippen LogP contribution in [0, 0.1) is 0 Å². The van der Waals surface area contributed by atoms with Crippen molar-refractivity contribution < 1.29 is 14.3 Å². The Labute approximate surface area is 136 Å². The number of anilines is 1. The second-order valence-corrected chi connectivity index (χ2v) is 5.15. The van der Waals surface area contributed by atoms with Crippen LogP contribution in [-0.2, 0) is 0 Å². The van der Waals surface area contributed by atoms with Gasteiger partial charge in [0, 0.05) is 5.56 Å². The van der Waals surface area contributed by atoms with E-state index >= 15 is 0 Å². The summed E-state index contributed by atoms with van der Waals surface area (Å²) in [6.45, 7) is 8.60. The summed E-state index contributed by atoms with van der Waals surface area (Å²) < 4.78 is 11.0. The fourth-order valence-corrected chi connectivity index (χ4v) is 1.95. The Morgan fingerprint density at radius 1 is 1.09 bits per heavy atom. The Morgan fingerprint density at radius 2 is 1.78 bits per heavy atom. The second-order valence-electron chi connectivity index (χ2n) is 5.15. The van der Waals surface area contributed by atoms with E-state index < -0.39 is 0 Å². The lowest BCUT2D eigenvalue weighted by Crippen LogP contribution is -2.13. The zero-order valence-corrected chi connectivity index (χ0v) is 13.5. The van der Waals surface area contributed by atoms with Gasteiger partial charge in [0.1, 0.15) is 18.1 Å². The minimum Gasteiger partial charge on any atom is -0.492 e. The molecular formula is C19H21NO3. The Kier molecular flexibility index (Phi) is 5.80. The number of nitrogens with one attached hydrogen (secondary N) is 1. The van der Waals surface area contributed by atoms with E-state index in [0.717, 1.165) is 5.57 Å². The van der Waals surface area contributed by atoms with Gasteiger partial charge >= 0.3 is 0 Å². The molecule has 2 rings (SSSR count). The van der Waals surface area contributed by atoms with Gasteiger partial charge in [0.05, 0.1) is 12.3 Å². The van der Waals surface area contributed by atoms with E-state index in [1.54, 1.807) is 24.3 Å². The van der Waals surface area contributed by atoms with Gasteiger partial charge in [0.15, 0.2) is 0 Å². The molecule has 0 unspecified atom stereocenters. The smallest absolute Gasteiger partial charge is 0.255 e. The monoisotopic (exact) mass is 311 g/mol. The van der Waals surface area contributed by atoms with Crippen molar-refractivity contribution in [1.82, 2.24) is 0 Å². The Morgan fingerprint density at radius 3 is 2.43 bits per heavy atom. The lowest BCUT2D eigenvalue weighted by atomic mass is 10.2. The summed E-state index contributed by atoms with van der Waals surface area (Å²) in [5, 5.41) is 2.86. The number of rotatable bonds is 7. The molecule has 2 aromatic rings. The minimum absolute atomic E-state index is 0.191. The lowest BCUT2D eigenvalue weighted by molar-refractivity contribution is 0.102. The van der Waals surface area contributed by atoms with Gasteiger partial charge in [-0.15, -0.1) is 0 Å². The number of carbonyl (C=O) groups is 1. The Hall–Kier alpha value is -2.75. The summed E-state index contributed by atoms with van der Waals surface area (Å²) in [5.74, 6) is 1.17. The first-order valence-corrected chi connectivity index (χ1v) is 7.50. The number of hydrogen-bond donors (Lipinski definition) is 1. The van der Waals surface area contributed by atoms with E-state index in [4.69, 9.17) is 9.47 Å². The number of ether oxygens (including phenoxy) is 2. The number of carbonyl (C=O) groups excluding carboxylic acids is 1. The van der Waals surface area contributed by atoms with Crippen LogP contribution in [0.2, 0.25) is 0 Å². The number of benzene rings is 2. The zero-order valence-electron chi connectivity index (χ0n) is 13.5. The maximum absolute atomic E-state index is 12.3. The number of hydrogen-bond acceptors (Lipinski definition) is 3. The predicted octanol–water partition coefficient (Wildman–Crippen LogP) is 4.29. The van der Waals surface area contributed by atoms with E-state index in [0.29, 0.717) is 36.0 Å². The average Bonchev–Trinajstić information content (AvgIpc) is 2.55. The first-order chi connectivity index (χ1) is 11.1. The topological polar surface area (TPSA) is 47.6 Å². The summed E-state index contributed by atoms with van der Waals surface area (Å²) in [4.78, 5) is 12.3. The first-order valence-electron chi connectivity index (χ1n) is 7.50. The summed E-state index contributed by atoms with van der Waals surface area (Å²) in [5.41, 5.74) is 2.15. The van der Waals surface area contributed by atoms with Crippen molar-refractivity contribution in [2.75, 3.05) is 18.5 Å². The molecule has 0 saturated heterocycles. The molecule has 4 nitrogen and oxygen atoms in total. The third-order valence-corrected chi connectivity index (χ3v) is 3.04. The molecule has 23 heavy (non-hydrogen) atoms. The van der Waals surface area contributed by atoms with Crippen LogP contribution in [0.3, 0.4) is 0 Å². The third-order valence-electron chi connectivity index (χ3n) is 3.04.